The van der Waals surface area contributed by atoms with E-state index in [-0.39, 0.29) is 10.7 Å². The zero-order chi connectivity index (χ0) is 15.5. The second-order valence-corrected chi connectivity index (χ2v) is 6.41. The Morgan fingerprint density at radius 2 is 2.00 bits per heavy atom. The first-order chi connectivity index (χ1) is 9.97. The molecular formula is C14H20N4O2S. The molecule has 0 fully saturated rings. The summed E-state index contributed by atoms with van der Waals surface area (Å²) in [5, 5.41) is 4.03. The van der Waals surface area contributed by atoms with E-state index in [2.05, 4.69) is 9.82 Å². The molecule has 2 rings (SSSR count). The minimum absolute atomic E-state index is 0.0156. The molecule has 1 aromatic heterocycles. The molecule has 6 nitrogen and oxygen atoms in total. The van der Waals surface area contributed by atoms with Crippen molar-refractivity contribution in [1.82, 2.24) is 9.78 Å². The lowest BCUT2D eigenvalue weighted by molar-refractivity contribution is 0.595. The van der Waals surface area contributed by atoms with Crippen LogP contribution in [0.15, 0.2) is 35.4 Å². The summed E-state index contributed by atoms with van der Waals surface area (Å²) >= 11 is 0. The number of hydrogen-bond acceptors (Lipinski definition) is 4. The van der Waals surface area contributed by atoms with Crippen molar-refractivity contribution in [3.05, 3.63) is 36.0 Å². The van der Waals surface area contributed by atoms with Crippen molar-refractivity contribution in [3.8, 4) is 0 Å². The third kappa shape index (κ3) is 3.36. The van der Waals surface area contributed by atoms with E-state index in [9.17, 15) is 8.42 Å². The van der Waals surface area contributed by atoms with E-state index in [1.165, 1.54) is 6.20 Å². The van der Waals surface area contributed by atoms with Crippen LogP contribution >= 0.6 is 0 Å². The van der Waals surface area contributed by atoms with Crippen LogP contribution in [0.25, 0.3) is 0 Å². The van der Waals surface area contributed by atoms with E-state index < -0.39 is 10.0 Å². The van der Waals surface area contributed by atoms with Crippen LogP contribution in [0.3, 0.4) is 0 Å². The highest BCUT2D eigenvalue weighted by molar-refractivity contribution is 7.92. The summed E-state index contributed by atoms with van der Waals surface area (Å²) < 4.78 is 29.1. The molecular weight excluding hydrogens is 288 g/mol. The first kappa shape index (κ1) is 15.4. The number of nitrogens with one attached hydrogen (secondary N) is 1. The predicted octanol–water partition coefficient (Wildman–Crippen LogP) is 2.24. The van der Waals surface area contributed by atoms with Crippen LogP contribution in [0, 0.1) is 0 Å². The maximum absolute atomic E-state index is 12.5. The standard InChI is InChI=1S/C14H20N4O2S/c1-3-9-18-10-13(14(15)16-18)21(19,20)17-12-8-6-5-7-11(12)4-2/h5-8,10,17H,3-4,9H2,1-2H3,(H2,15,16). The number of aromatic nitrogens is 2. The number of anilines is 2. The molecule has 0 atom stereocenters. The lowest BCUT2D eigenvalue weighted by Gasteiger charge is -2.10. The van der Waals surface area contributed by atoms with Crippen molar-refractivity contribution in [3.63, 3.8) is 0 Å². The normalized spacial score (nSPS) is 11.5. The number of nitrogens with two attached hydrogens (primary N) is 1. The van der Waals surface area contributed by atoms with Crippen LogP contribution in [-0.4, -0.2) is 18.2 Å². The van der Waals surface area contributed by atoms with Crippen molar-refractivity contribution >= 4 is 21.5 Å². The Kier molecular flexibility index (Phi) is 4.52. The lowest BCUT2D eigenvalue weighted by Crippen LogP contribution is -2.15. The number of aryl methyl sites for hydroxylation is 2. The van der Waals surface area contributed by atoms with Gasteiger partial charge in [0.15, 0.2) is 5.82 Å². The summed E-state index contributed by atoms with van der Waals surface area (Å²) in [6, 6.07) is 7.30. The van der Waals surface area contributed by atoms with Gasteiger partial charge in [0, 0.05) is 12.7 Å². The van der Waals surface area contributed by atoms with Crippen LogP contribution in [0.2, 0.25) is 0 Å². The van der Waals surface area contributed by atoms with Gasteiger partial charge in [-0.1, -0.05) is 32.0 Å². The minimum atomic E-state index is -3.73. The van der Waals surface area contributed by atoms with Gasteiger partial charge in [0.05, 0.1) is 5.69 Å². The topological polar surface area (TPSA) is 90.0 Å². The van der Waals surface area contributed by atoms with E-state index in [0.717, 1.165) is 18.4 Å². The Hall–Kier alpha value is -2.02. The molecule has 7 heteroatoms. The molecule has 0 bridgehead atoms. The van der Waals surface area contributed by atoms with Gasteiger partial charge in [-0.3, -0.25) is 9.40 Å². The summed E-state index contributed by atoms with van der Waals surface area (Å²) in [5.41, 5.74) is 7.23. The number of rotatable bonds is 6. The molecule has 1 aromatic carbocycles. The fraction of sp³-hybridized carbons (Fsp3) is 0.357. The Morgan fingerprint density at radius 1 is 1.29 bits per heavy atom. The van der Waals surface area contributed by atoms with Gasteiger partial charge in [-0.25, -0.2) is 8.42 Å². The SMILES string of the molecule is CCCn1cc(S(=O)(=O)Nc2ccccc2CC)c(N)n1. The van der Waals surface area contributed by atoms with Crippen molar-refractivity contribution in [1.29, 1.82) is 0 Å². The van der Waals surface area contributed by atoms with E-state index >= 15 is 0 Å². The van der Waals surface area contributed by atoms with E-state index in [1.807, 2.05) is 26.0 Å². The monoisotopic (exact) mass is 308 g/mol. The zero-order valence-electron chi connectivity index (χ0n) is 12.2. The molecule has 0 radical (unpaired) electrons. The first-order valence-corrected chi connectivity index (χ1v) is 8.40. The molecule has 0 unspecified atom stereocenters. The quantitative estimate of drug-likeness (QED) is 0.856. The molecule has 2 aromatic rings. The average molecular weight is 308 g/mol. The van der Waals surface area contributed by atoms with Crippen LogP contribution in [0.5, 0.6) is 0 Å². The molecule has 21 heavy (non-hydrogen) atoms. The zero-order valence-corrected chi connectivity index (χ0v) is 13.0. The minimum Gasteiger partial charge on any atom is -0.381 e. The molecule has 0 aliphatic heterocycles. The molecule has 0 amide bonds. The summed E-state index contributed by atoms with van der Waals surface area (Å²) in [6.45, 7) is 4.59. The first-order valence-electron chi connectivity index (χ1n) is 6.91. The molecule has 0 saturated carbocycles. The molecule has 1 heterocycles. The number of nitrogen functional groups attached to an aromatic ring is 1. The fourth-order valence-electron chi connectivity index (χ4n) is 2.10. The Bertz CT molecular complexity index is 722. The van der Waals surface area contributed by atoms with Gasteiger partial charge in [-0.05, 0) is 24.5 Å². The van der Waals surface area contributed by atoms with Crippen LogP contribution in [0.1, 0.15) is 25.8 Å². The predicted molar refractivity (Wildman–Crippen MR) is 83.6 cm³/mol. The number of benzene rings is 1. The smallest absolute Gasteiger partial charge is 0.267 e. The largest absolute Gasteiger partial charge is 0.381 e. The van der Waals surface area contributed by atoms with Crippen molar-refractivity contribution < 1.29 is 8.42 Å². The van der Waals surface area contributed by atoms with Gasteiger partial charge in [0.25, 0.3) is 10.0 Å². The number of nitrogens with zero attached hydrogens (tertiary/aromatic N) is 2. The second-order valence-electron chi connectivity index (χ2n) is 4.76. The Balaban J connectivity index is 2.34. The van der Waals surface area contributed by atoms with Gasteiger partial charge < -0.3 is 5.73 Å². The van der Waals surface area contributed by atoms with Crippen LogP contribution < -0.4 is 10.5 Å². The molecule has 0 aliphatic carbocycles. The third-order valence-electron chi connectivity index (χ3n) is 3.14. The summed E-state index contributed by atoms with van der Waals surface area (Å²) in [7, 11) is -3.73. The second kappa shape index (κ2) is 6.17. The fourth-order valence-corrected chi connectivity index (χ4v) is 3.27. The summed E-state index contributed by atoms with van der Waals surface area (Å²) in [6.07, 6.45) is 3.06. The maximum Gasteiger partial charge on any atom is 0.267 e. The highest BCUT2D eigenvalue weighted by Gasteiger charge is 2.22. The summed E-state index contributed by atoms with van der Waals surface area (Å²) in [5.74, 6) is 0.0185. The van der Waals surface area contributed by atoms with E-state index in [4.69, 9.17) is 5.73 Å². The van der Waals surface area contributed by atoms with Gasteiger partial charge in [-0.2, -0.15) is 5.10 Å². The van der Waals surface area contributed by atoms with Crippen LogP contribution in [-0.2, 0) is 23.0 Å². The third-order valence-corrected chi connectivity index (χ3v) is 4.52. The molecule has 114 valence electrons. The van der Waals surface area contributed by atoms with Gasteiger partial charge in [0.1, 0.15) is 4.90 Å². The maximum atomic E-state index is 12.5. The Labute approximate surface area is 125 Å². The Morgan fingerprint density at radius 3 is 2.67 bits per heavy atom. The molecule has 0 aliphatic rings. The lowest BCUT2D eigenvalue weighted by atomic mass is 10.1. The highest BCUT2D eigenvalue weighted by atomic mass is 32.2. The van der Waals surface area contributed by atoms with Crippen LogP contribution in [0.4, 0.5) is 11.5 Å². The van der Waals surface area contributed by atoms with Gasteiger partial charge in [-0.15, -0.1) is 0 Å². The molecule has 0 saturated heterocycles. The number of sulfonamides is 1. The molecule has 0 spiro atoms. The van der Waals surface area contributed by atoms with Gasteiger partial charge >= 0.3 is 0 Å². The van der Waals surface area contributed by atoms with Crippen molar-refractivity contribution in [2.45, 2.75) is 38.1 Å². The van der Waals surface area contributed by atoms with Gasteiger partial charge in [0.2, 0.25) is 0 Å². The summed E-state index contributed by atoms with van der Waals surface area (Å²) in [4.78, 5) is 0.0156. The average Bonchev–Trinajstić information content (AvgIpc) is 2.81. The molecule has 3 N–H and O–H groups in total. The number of para-hydroxylation sites is 1. The van der Waals surface area contributed by atoms with Crippen molar-refractivity contribution in [2.24, 2.45) is 0 Å². The van der Waals surface area contributed by atoms with E-state index in [1.54, 1.807) is 16.8 Å². The van der Waals surface area contributed by atoms with E-state index in [0.29, 0.717) is 12.2 Å². The number of hydrogen-bond donors (Lipinski definition) is 2. The highest BCUT2D eigenvalue weighted by Crippen LogP contribution is 2.23. The van der Waals surface area contributed by atoms with Crippen molar-refractivity contribution in [2.75, 3.05) is 10.5 Å².